The minimum absolute atomic E-state index is 0.00298. The summed E-state index contributed by atoms with van der Waals surface area (Å²) >= 11 is 0. The lowest BCUT2D eigenvalue weighted by atomic mass is 10.1. The molecule has 0 aliphatic carbocycles. The highest BCUT2D eigenvalue weighted by Crippen LogP contribution is 2.26. The maximum atomic E-state index is 14.2. The van der Waals surface area contributed by atoms with Crippen molar-refractivity contribution in [2.75, 3.05) is 25.1 Å². The van der Waals surface area contributed by atoms with Gasteiger partial charge in [-0.3, -0.25) is 0 Å². The van der Waals surface area contributed by atoms with Crippen molar-refractivity contribution >= 4 is 11.5 Å². The van der Waals surface area contributed by atoms with E-state index in [1.54, 1.807) is 41.0 Å². The molecule has 1 aromatic carbocycles. The molecule has 1 saturated heterocycles. The van der Waals surface area contributed by atoms with Crippen molar-refractivity contribution in [3.05, 3.63) is 48.4 Å². The quantitative estimate of drug-likeness (QED) is 0.773. The number of fused-ring (bicyclic) bond motifs is 1. The van der Waals surface area contributed by atoms with Crippen molar-refractivity contribution in [1.29, 1.82) is 0 Å². The number of rotatable bonds is 5. The Kier molecular flexibility index (Phi) is 4.33. The fourth-order valence-corrected chi connectivity index (χ4v) is 3.06. The lowest BCUT2D eigenvalue weighted by Crippen LogP contribution is -2.35. The van der Waals surface area contributed by atoms with E-state index in [9.17, 15) is 4.39 Å². The van der Waals surface area contributed by atoms with Gasteiger partial charge in [0, 0.05) is 24.3 Å². The zero-order valence-corrected chi connectivity index (χ0v) is 13.9. The van der Waals surface area contributed by atoms with Crippen LogP contribution in [0.5, 0.6) is 0 Å². The van der Waals surface area contributed by atoms with Gasteiger partial charge >= 0.3 is 0 Å². The fourth-order valence-electron chi connectivity index (χ4n) is 3.06. The van der Waals surface area contributed by atoms with Crippen molar-refractivity contribution in [2.45, 2.75) is 19.1 Å². The third kappa shape index (κ3) is 3.08. The van der Waals surface area contributed by atoms with Crippen molar-refractivity contribution in [3.8, 4) is 11.3 Å². The van der Waals surface area contributed by atoms with E-state index < -0.39 is 0 Å². The number of hydrogen-bond donors (Lipinski definition) is 1. The second kappa shape index (κ2) is 6.78. The summed E-state index contributed by atoms with van der Waals surface area (Å²) in [7, 11) is 0. The summed E-state index contributed by atoms with van der Waals surface area (Å²) in [6, 6.07) is 10.2. The lowest BCUT2D eigenvalue weighted by Gasteiger charge is -2.20. The molecule has 1 fully saturated rings. The van der Waals surface area contributed by atoms with Crippen LogP contribution < -0.4 is 5.32 Å². The van der Waals surface area contributed by atoms with Gasteiger partial charge in [0.1, 0.15) is 17.7 Å². The molecule has 130 valence electrons. The molecule has 3 aromatic rings. The Hall–Kier alpha value is -2.51. The largest absolute Gasteiger partial charge is 0.376 e. The molecule has 0 amide bonds. The van der Waals surface area contributed by atoms with E-state index in [4.69, 9.17) is 9.47 Å². The Morgan fingerprint density at radius 2 is 2.20 bits per heavy atom. The van der Waals surface area contributed by atoms with Crippen LogP contribution in [0.25, 0.3) is 16.9 Å². The summed E-state index contributed by atoms with van der Waals surface area (Å²) in [6.45, 7) is 3.69. The third-order valence-electron chi connectivity index (χ3n) is 4.25. The molecule has 25 heavy (non-hydrogen) atoms. The van der Waals surface area contributed by atoms with Crippen LogP contribution in [-0.2, 0) is 9.47 Å². The molecule has 1 aliphatic heterocycles. The number of halogens is 1. The lowest BCUT2D eigenvalue weighted by molar-refractivity contribution is 0.0478. The van der Waals surface area contributed by atoms with Crippen molar-refractivity contribution in [2.24, 2.45) is 0 Å². The van der Waals surface area contributed by atoms with Crippen LogP contribution >= 0.6 is 0 Å². The molecule has 4 rings (SSSR count). The molecule has 0 spiro atoms. The van der Waals surface area contributed by atoms with E-state index in [-0.39, 0.29) is 18.0 Å². The van der Waals surface area contributed by atoms with Gasteiger partial charge in [-0.15, -0.1) is 0 Å². The van der Waals surface area contributed by atoms with Crippen molar-refractivity contribution in [1.82, 2.24) is 14.6 Å². The molecular formula is C18H19FN4O2. The first-order valence-electron chi connectivity index (χ1n) is 8.32. The van der Waals surface area contributed by atoms with Gasteiger partial charge < -0.3 is 14.8 Å². The van der Waals surface area contributed by atoms with E-state index in [0.717, 1.165) is 5.82 Å². The summed E-state index contributed by atoms with van der Waals surface area (Å²) in [4.78, 5) is 4.51. The van der Waals surface area contributed by atoms with E-state index >= 15 is 0 Å². The van der Waals surface area contributed by atoms with Gasteiger partial charge in [0.25, 0.3) is 0 Å². The summed E-state index contributed by atoms with van der Waals surface area (Å²) in [5.41, 5.74) is 1.66. The highest BCUT2D eigenvalue weighted by molar-refractivity contribution is 5.67. The highest BCUT2D eigenvalue weighted by atomic mass is 19.1. The average molecular weight is 342 g/mol. The molecule has 2 aromatic heterocycles. The van der Waals surface area contributed by atoms with Crippen LogP contribution in [0.2, 0.25) is 0 Å². The van der Waals surface area contributed by atoms with E-state index in [1.165, 1.54) is 6.07 Å². The Labute approximate surface area is 144 Å². The molecule has 0 unspecified atom stereocenters. The monoisotopic (exact) mass is 342 g/mol. The zero-order valence-electron chi connectivity index (χ0n) is 13.9. The molecule has 0 saturated carbocycles. The minimum Gasteiger partial charge on any atom is -0.376 e. The van der Waals surface area contributed by atoms with Crippen LogP contribution in [0.4, 0.5) is 10.2 Å². The van der Waals surface area contributed by atoms with Gasteiger partial charge in [-0.2, -0.15) is 9.61 Å². The molecule has 0 radical (unpaired) electrons. The van der Waals surface area contributed by atoms with Gasteiger partial charge in [0.05, 0.1) is 31.1 Å². The van der Waals surface area contributed by atoms with E-state index in [2.05, 4.69) is 15.4 Å². The Morgan fingerprint density at radius 1 is 1.32 bits per heavy atom. The van der Waals surface area contributed by atoms with Crippen LogP contribution in [0, 0.1) is 5.82 Å². The van der Waals surface area contributed by atoms with Crippen LogP contribution in [-0.4, -0.2) is 46.6 Å². The molecule has 1 aliphatic rings. The maximum Gasteiger partial charge on any atom is 0.157 e. The fraction of sp³-hybridized carbons (Fsp3) is 0.333. The van der Waals surface area contributed by atoms with Crippen molar-refractivity contribution in [3.63, 3.8) is 0 Å². The normalized spacial score (nSPS) is 20.2. The number of aromatic nitrogens is 3. The number of nitrogens with one attached hydrogen (secondary N) is 1. The van der Waals surface area contributed by atoms with Gasteiger partial charge in [-0.05, 0) is 19.1 Å². The van der Waals surface area contributed by atoms with Gasteiger partial charge in [0.2, 0.25) is 0 Å². The molecule has 0 bridgehead atoms. The van der Waals surface area contributed by atoms with E-state index in [1.807, 2.05) is 6.92 Å². The number of ether oxygens (including phenoxy) is 2. The number of anilines is 1. The van der Waals surface area contributed by atoms with Gasteiger partial charge in [-0.1, -0.05) is 12.1 Å². The number of nitrogens with zero attached hydrogens (tertiary/aromatic N) is 3. The number of benzene rings is 1. The maximum absolute atomic E-state index is 14.2. The molecule has 3 heterocycles. The average Bonchev–Trinajstić information content (AvgIpc) is 3.25. The molecule has 1 N–H and O–H groups in total. The first kappa shape index (κ1) is 16.0. The summed E-state index contributed by atoms with van der Waals surface area (Å²) in [5, 5.41) is 7.73. The number of hydrogen-bond acceptors (Lipinski definition) is 5. The second-order valence-electron chi connectivity index (χ2n) is 5.89. The minimum atomic E-state index is -0.304. The Balaban J connectivity index is 1.73. The zero-order chi connectivity index (χ0) is 17.2. The Bertz CT molecular complexity index is 882. The standard InChI is InChI=1S/C18H19FN4O2/c1-2-25-16-11-24-10-15(16)22-18-9-14(12-5-3-4-6-13(12)19)21-17-7-8-20-23(17)18/h3-9,15-16,22H,2,10-11H2,1H3/t15-,16-/m0/s1. The predicted molar refractivity (Wildman–Crippen MR) is 92.0 cm³/mol. The van der Waals surface area contributed by atoms with Crippen LogP contribution in [0.15, 0.2) is 42.6 Å². The molecule has 2 atom stereocenters. The highest BCUT2D eigenvalue weighted by Gasteiger charge is 2.29. The predicted octanol–water partition coefficient (Wildman–Crippen LogP) is 2.75. The Morgan fingerprint density at radius 3 is 3.04 bits per heavy atom. The van der Waals surface area contributed by atoms with Crippen LogP contribution in [0.1, 0.15) is 6.92 Å². The molecule has 7 heteroatoms. The van der Waals surface area contributed by atoms with E-state index in [0.29, 0.717) is 36.7 Å². The summed E-state index contributed by atoms with van der Waals surface area (Å²) < 4.78 is 27.1. The van der Waals surface area contributed by atoms with Crippen LogP contribution in [0.3, 0.4) is 0 Å². The topological polar surface area (TPSA) is 60.7 Å². The summed E-state index contributed by atoms with van der Waals surface area (Å²) in [5.74, 6) is 0.426. The second-order valence-corrected chi connectivity index (χ2v) is 5.89. The first-order chi connectivity index (χ1) is 12.3. The smallest absolute Gasteiger partial charge is 0.157 e. The summed E-state index contributed by atoms with van der Waals surface area (Å²) in [6.07, 6.45) is 1.64. The molecule has 6 nitrogen and oxygen atoms in total. The third-order valence-corrected chi connectivity index (χ3v) is 4.25. The van der Waals surface area contributed by atoms with Gasteiger partial charge in [0.15, 0.2) is 5.65 Å². The van der Waals surface area contributed by atoms with Gasteiger partial charge in [-0.25, -0.2) is 9.37 Å². The molecular weight excluding hydrogens is 323 g/mol. The van der Waals surface area contributed by atoms with Crippen molar-refractivity contribution < 1.29 is 13.9 Å². The first-order valence-corrected chi connectivity index (χ1v) is 8.32. The SMILES string of the molecule is CCO[C@H]1COC[C@@H]1Nc1cc(-c2ccccc2F)nc2ccnn12.